The first-order chi connectivity index (χ1) is 21.5. The fourth-order valence-corrected chi connectivity index (χ4v) is 7.27. The Hall–Kier alpha value is -3.50. The Kier molecular flexibility index (Phi) is 9.76. The lowest BCUT2D eigenvalue weighted by atomic mass is 9.80. The first-order valence-corrected chi connectivity index (χ1v) is 16.4. The molecule has 236 valence electrons. The van der Waals surface area contributed by atoms with Crippen LogP contribution in [0.25, 0.3) is 0 Å². The van der Waals surface area contributed by atoms with Crippen LogP contribution in [0.5, 0.6) is 5.75 Å². The van der Waals surface area contributed by atoms with Crippen molar-refractivity contribution in [3.63, 3.8) is 0 Å². The summed E-state index contributed by atoms with van der Waals surface area (Å²) >= 11 is 6.47. The van der Waals surface area contributed by atoms with Crippen molar-refractivity contribution in [3.05, 3.63) is 59.1 Å². The second kappa shape index (κ2) is 14.1. The Morgan fingerprint density at radius 1 is 1.07 bits per heavy atom. The maximum absolute atomic E-state index is 13.6. The lowest BCUT2D eigenvalue weighted by Gasteiger charge is -2.50. The van der Waals surface area contributed by atoms with Crippen molar-refractivity contribution < 1.29 is 14.3 Å². The van der Waals surface area contributed by atoms with Gasteiger partial charge in [0.05, 0.1) is 19.6 Å². The van der Waals surface area contributed by atoms with E-state index in [1.807, 2.05) is 41.3 Å². The van der Waals surface area contributed by atoms with Gasteiger partial charge in [-0.3, -0.25) is 24.8 Å². The number of ether oxygens (including phenoxy) is 1. The van der Waals surface area contributed by atoms with E-state index in [9.17, 15) is 9.59 Å². The Morgan fingerprint density at radius 2 is 1.84 bits per heavy atom. The zero-order valence-electron chi connectivity index (χ0n) is 25.6. The molecule has 3 atom stereocenters. The first kappa shape index (κ1) is 30.5. The number of anilines is 1. The summed E-state index contributed by atoms with van der Waals surface area (Å²) in [5, 5.41) is 8.43. The van der Waals surface area contributed by atoms with Gasteiger partial charge in [0.2, 0.25) is 11.8 Å². The number of hydrazone groups is 1. The van der Waals surface area contributed by atoms with Gasteiger partial charge in [-0.05, 0) is 61.7 Å². The van der Waals surface area contributed by atoms with Crippen molar-refractivity contribution in [2.24, 2.45) is 11.0 Å². The lowest BCUT2D eigenvalue weighted by molar-refractivity contribution is -0.156. The van der Waals surface area contributed by atoms with Gasteiger partial charge in [0.15, 0.2) is 6.29 Å². The number of methoxy groups -OCH3 is 1. The molecule has 0 bridgehead atoms. The van der Waals surface area contributed by atoms with Gasteiger partial charge in [0, 0.05) is 62.3 Å². The van der Waals surface area contributed by atoms with Gasteiger partial charge >= 0.3 is 0 Å². The monoisotopic (exact) mass is 621 g/mol. The number of benzene rings is 2. The molecule has 2 aromatic carbocycles. The van der Waals surface area contributed by atoms with Crippen LogP contribution in [0.1, 0.15) is 50.5 Å². The fraction of sp³-hybridized carbons (Fsp3) is 0.545. The van der Waals surface area contributed by atoms with Gasteiger partial charge in [-0.15, -0.1) is 0 Å². The maximum atomic E-state index is 13.6. The van der Waals surface area contributed by atoms with Crippen LogP contribution in [0.4, 0.5) is 5.69 Å². The highest BCUT2D eigenvalue weighted by atomic mass is 35.5. The van der Waals surface area contributed by atoms with Crippen molar-refractivity contribution in [1.29, 1.82) is 0 Å². The van der Waals surface area contributed by atoms with Crippen LogP contribution in [-0.2, 0) is 16.1 Å². The Morgan fingerprint density at radius 3 is 2.61 bits per heavy atom. The second-order valence-electron chi connectivity index (χ2n) is 12.2. The number of hydrogen-bond donors (Lipinski definition) is 2. The molecule has 3 heterocycles. The quantitative estimate of drug-likeness (QED) is 0.368. The Bertz CT molecular complexity index is 1330. The normalized spacial score (nSPS) is 23.5. The van der Waals surface area contributed by atoms with Crippen molar-refractivity contribution >= 4 is 34.9 Å². The molecule has 2 aromatic rings. The summed E-state index contributed by atoms with van der Waals surface area (Å²) in [6.07, 6.45) is 5.51. The third-order valence-corrected chi connectivity index (χ3v) is 9.88. The zero-order chi connectivity index (χ0) is 30.5. The summed E-state index contributed by atoms with van der Waals surface area (Å²) in [4.78, 5) is 35.5. The van der Waals surface area contributed by atoms with E-state index in [0.29, 0.717) is 31.0 Å². The molecule has 2 saturated heterocycles. The third-order valence-electron chi connectivity index (χ3n) is 9.51. The summed E-state index contributed by atoms with van der Waals surface area (Å²) in [6.45, 7) is 6.09. The molecule has 1 aliphatic carbocycles. The predicted octanol–water partition coefficient (Wildman–Crippen LogP) is 3.86. The van der Waals surface area contributed by atoms with Crippen LogP contribution < -0.4 is 20.4 Å². The van der Waals surface area contributed by atoms with E-state index < -0.39 is 0 Å². The first-order valence-electron chi connectivity index (χ1n) is 16.0. The van der Waals surface area contributed by atoms with Gasteiger partial charge in [0.1, 0.15) is 11.6 Å². The molecule has 3 aliphatic heterocycles. The molecule has 6 rings (SSSR count). The molecule has 4 aliphatic rings. The highest BCUT2D eigenvalue weighted by Crippen LogP contribution is 2.38. The van der Waals surface area contributed by atoms with Gasteiger partial charge in [-0.25, -0.2) is 0 Å². The number of carbonyl (C=O) groups excluding carboxylic acids is 2. The minimum Gasteiger partial charge on any atom is -0.497 e. The van der Waals surface area contributed by atoms with Crippen LogP contribution >= 0.6 is 11.6 Å². The minimum absolute atomic E-state index is 0.0432. The SMILES string of the molecule is COc1ccc(N2CCN(CCCNC(=O)CCC3=NNC4N(Cc5ccccc5Cl)C(=O)C5CCCCC5N34)CC2)cc1. The van der Waals surface area contributed by atoms with Crippen LogP contribution in [0.2, 0.25) is 5.02 Å². The van der Waals surface area contributed by atoms with E-state index in [4.69, 9.17) is 16.3 Å². The fourth-order valence-electron chi connectivity index (χ4n) is 7.08. The minimum atomic E-state index is -0.346. The summed E-state index contributed by atoms with van der Waals surface area (Å²) in [6, 6.07) is 16.0. The Labute approximate surface area is 265 Å². The summed E-state index contributed by atoms with van der Waals surface area (Å²) in [5.74, 6) is 1.90. The van der Waals surface area contributed by atoms with Gasteiger partial charge in [-0.2, -0.15) is 5.10 Å². The van der Waals surface area contributed by atoms with E-state index in [2.05, 4.69) is 42.7 Å². The summed E-state index contributed by atoms with van der Waals surface area (Å²) in [5.41, 5.74) is 5.38. The topological polar surface area (TPSA) is 92.7 Å². The number of amidine groups is 1. The van der Waals surface area contributed by atoms with Crippen LogP contribution in [-0.4, -0.2) is 91.1 Å². The molecular formula is C33H44ClN7O3. The van der Waals surface area contributed by atoms with E-state index in [1.54, 1.807) is 7.11 Å². The van der Waals surface area contributed by atoms with Crippen molar-refractivity contribution in [2.75, 3.05) is 51.3 Å². The van der Waals surface area contributed by atoms with Gasteiger partial charge < -0.3 is 19.9 Å². The smallest absolute Gasteiger partial charge is 0.231 e. The molecule has 10 nitrogen and oxygen atoms in total. The summed E-state index contributed by atoms with van der Waals surface area (Å²) < 4.78 is 5.27. The van der Waals surface area contributed by atoms with E-state index >= 15 is 0 Å². The molecule has 44 heavy (non-hydrogen) atoms. The van der Waals surface area contributed by atoms with E-state index in [0.717, 1.165) is 82.0 Å². The van der Waals surface area contributed by atoms with Crippen molar-refractivity contribution in [1.82, 2.24) is 25.4 Å². The van der Waals surface area contributed by atoms with E-state index in [1.165, 1.54) is 5.69 Å². The van der Waals surface area contributed by atoms with E-state index in [-0.39, 0.29) is 30.1 Å². The molecule has 3 unspecified atom stereocenters. The number of carbonyl (C=O) groups is 2. The number of rotatable bonds is 11. The molecule has 3 fully saturated rings. The highest BCUT2D eigenvalue weighted by Gasteiger charge is 2.50. The average molecular weight is 622 g/mol. The maximum Gasteiger partial charge on any atom is 0.231 e. The molecular weight excluding hydrogens is 578 g/mol. The number of amides is 2. The van der Waals surface area contributed by atoms with Gasteiger partial charge in [-0.1, -0.05) is 42.6 Å². The number of halogens is 1. The number of nitrogens with zero attached hydrogens (tertiary/aromatic N) is 5. The van der Waals surface area contributed by atoms with Gasteiger partial charge in [0.25, 0.3) is 0 Å². The molecule has 2 amide bonds. The largest absolute Gasteiger partial charge is 0.497 e. The Balaban J connectivity index is 0.951. The second-order valence-corrected chi connectivity index (χ2v) is 12.6. The molecule has 2 N–H and O–H groups in total. The summed E-state index contributed by atoms with van der Waals surface area (Å²) in [7, 11) is 1.69. The molecule has 0 radical (unpaired) electrons. The van der Waals surface area contributed by atoms with Crippen molar-refractivity contribution in [3.8, 4) is 5.75 Å². The highest BCUT2D eigenvalue weighted by molar-refractivity contribution is 6.31. The van der Waals surface area contributed by atoms with Crippen LogP contribution in [0.3, 0.4) is 0 Å². The molecule has 1 saturated carbocycles. The number of piperazine rings is 1. The standard InChI is InChI=1S/C33H44ClN7O3/c1-44-26-13-11-25(12-14-26)39-21-19-38(20-22-39)18-6-17-35-31(42)16-15-30-36-37-33-40(23-24-7-2-4-9-28(24)34)32(43)27-8-3-5-10-29(27)41(30)33/h2,4,7,9,11-14,27,29,33,37H,3,5-6,8,10,15-23H2,1H3,(H,35,42). The number of hydrogen-bond acceptors (Lipinski definition) is 8. The molecule has 0 spiro atoms. The van der Waals surface area contributed by atoms with Crippen LogP contribution in [0, 0.1) is 5.92 Å². The van der Waals surface area contributed by atoms with Crippen LogP contribution in [0.15, 0.2) is 53.6 Å². The third kappa shape index (κ3) is 6.76. The zero-order valence-corrected chi connectivity index (χ0v) is 26.3. The lowest BCUT2D eigenvalue weighted by Crippen LogP contribution is -2.67. The average Bonchev–Trinajstić information content (AvgIpc) is 3.49. The predicted molar refractivity (Wildman–Crippen MR) is 172 cm³/mol. The number of nitrogens with one attached hydrogen (secondary N) is 2. The number of fused-ring (bicyclic) bond motifs is 3. The van der Waals surface area contributed by atoms with Crippen molar-refractivity contribution in [2.45, 2.75) is 63.8 Å². The molecule has 11 heteroatoms. The molecule has 0 aromatic heterocycles.